The highest BCUT2D eigenvalue weighted by molar-refractivity contribution is 5.77. The molecule has 30 heavy (non-hydrogen) atoms. The van der Waals surface area contributed by atoms with E-state index in [9.17, 15) is 5.26 Å². The van der Waals surface area contributed by atoms with E-state index in [1.807, 2.05) is 61.7 Å². The Morgan fingerprint density at radius 3 is 2.83 bits per heavy atom. The molecule has 5 rings (SSSR count). The van der Waals surface area contributed by atoms with E-state index in [0.717, 1.165) is 45.4 Å². The predicted molar refractivity (Wildman–Crippen MR) is 112 cm³/mol. The van der Waals surface area contributed by atoms with E-state index >= 15 is 0 Å². The number of imidazole rings is 1. The van der Waals surface area contributed by atoms with Gasteiger partial charge in [0.15, 0.2) is 5.65 Å². The highest BCUT2D eigenvalue weighted by Gasteiger charge is 2.16. The molecule has 4 aromatic heterocycles. The molecule has 0 radical (unpaired) electrons. The number of benzene rings is 1. The molecule has 1 aromatic carbocycles. The Bertz CT molecular complexity index is 1400. The third-order valence-electron chi connectivity index (χ3n) is 4.87. The molecule has 0 bridgehead atoms. The number of aryl methyl sites for hydroxylation is 1. The van der Waals surface area contributed by atoms with Crippen LogP contribution in [-0.4, -0.2) is 29.5 Å². The Hall–Kier alpha value is -4.31. The molecule has 0 saturated carbocycles. The van der Waals surface area contributed by atoms with E-state index in [2.05, 4.69) is 26.1 Å². The molecular weight excluding hydrogens is 374 g/mol. The van der Waals surface area contributed by atoms with Crippen LogP contribution in [0.1, 0.15) is 22.6 Å². The van der Waals surface area contributed by atoms with E-state index in [4.69, 9.17) is 4.98 Å². The van der Waals surface area contributed by atoms with Gasteiger partial charge in [0.25, 0.3) is 0 Å². The van der Waals surface area contributed by atoms with E-state index in [-0.39, 0.29) is 0 Å². The first kappa shape index (κ1) is 17.8. The van der Waals surface area contributed by atoms with Crippen LogP contribution < -0.4 is 0 Å². The molecule has 5 aromatic rings. The molecule has 0 spiro atoms. The zero-order chi connectivity index (χ0) is 20.5. The lowest BCUT2D eigenvalue weighted by atomic mass is 10.1. The predicted octanol–water partition coefficient (Wildman–Crippen LogP) is 3.95. The Morgan fingerprint density at radius 1 is 1.07 bits per heavy atom. The number of H-pyrrole nitrogens is 1. The summed E-state index contributed by atoms with van der Waals surface area (Å²) in [6.07, 6.45) is 4.03. The quantitative estimate of drug-likeness (QED) is 0.500. The second-order valence-electron chi connectivity index (χ2n) is 7.04. The molecule has 0 aliphatic carbocycles. The number of nitriles is 1. The second-order valence-corrected chi connectivity index (χ2v) is 7.04. The van der Waals surface area contributed by atoms with Crippen molar-refractivity contribution in [1.29, 1.82) is 5.26 Å². The van der Waals surface area contributed by atoms with E-state index in [1.165, 1.54) is 6.33 Å². The van der Waals surface area contributed by atoms with Gasteiger partial charge >= 0.3 is 0 Å². The molecule has 0 amide bonds. The monoisotopic (exact) mass is 391 g/mol. The van der Waals surface area contributed by atoms with Crippen molar-refractivity contribution in [1.82, 2.24) is 29.5 Å². The summed E-state index contributed by atoms with van der Waals surface area (Å²) in [4.78, 5) is 17.2. The van der Waals surface area contributed by atoms with Crippen molar-refractivity contribution in [2.45, 2.75) is 13.3 Å². The molecule has 7 nitrogen and oxygen atoms in total. The molecule has 0 aliphatic heterocycles. The number of nitrogens with zero attached hydrogens (tertiary/aromatic N) is 6. The molecule has 0 fully saturated rings. The largest absolute Gasteiger partial charge is 0.340 e. The fourth-order valence-electron chi connectivity index (χ4n) is 3.48. The summed E-state index contributed by atoms with van der Waals surface area (Å²) in [7, 11) is 0. The van der Waals surface area contributed by atoms with Gasteiger partial charge < -0.3 is 4.98 Å². The lowest BCUT2D eigenvalue weighted by Gasteiger charge is -2.04. The van der Waals surface area contributed by atoms with Crippen LogP contribution in [0.5, 0.6) is 0 Å². The summed E-state index contributed by atoms with van der Waals surface area (Å²) in [6, 6.07) is 19.6. The van der Waals surface area contributed by atoms with Crippen molar-refractivity contribution < 1.29 is 0 Å². The Labute approximate surface area is 172 Å². The van der Waals surface area contributed by atoms with Gasteiger partial charge in [0.2, 0.25) is 0 Å². The number of rotatable bonds is 4. The molecule has 0 unspecified atom stereocenters. The summed E-state index contributed by atoms with van der Waals surface area (Å²) < 4.78 is 1.73. The third-order valence-corrected chi connectivity index (χ3v) is 4.87. The number of fused-ring (bicyclic) bond motifs is 1. The van der Waals surface area contributed by atoms with Gasteiger partial charge in [0.1, 0.15) is 12.2 Å². The van der Waals surface area contributed by atoms with Gasteiger partial charge in [0, 0.05) is 23.9 Å². The van der Waals surface area contributed by atoms with Crippen molar-refractivity contribution in [2.24, 2.45) is 0 Å². The summed E-state index contributed by atoms with van der Waals surface area (Å²) in [6.45, 7) is 1.97. The minimum Gasteiger partial charge on any atom is -0.340 e. The van der Waals surface area contributed by atoms with Gasteiger partial charge in [-0.2, -0.15) is 10.4 Å². The highest BCUT2D eigenvalue weighted by Crippen LogP contribution is 2.30. The molecule has 0 atom stereocenters. The second kappa shape index (κ2) is 7.26. The molecule has 0 aliphatic rings. The fourth-order valence-corrected chi connectivity index (χ4v) is 3.48. The minimum atomic E-state index is 0.583. The summed E-state index contributed by atoms with van der Waals surface area (Å²) in [5, 5.41) is 13.4. The Balaban J connectivity index is 1.63. The van der Waals surface area contributed by atoms with Crippen LogP contribution >= 0.6 is 0 Å². The molecular formula is C23H17N7. The number of hydrogen-bond acceptors (Lipinski definition) is 5. The lowest BCUT2D eigenvalue weighted by molar-refractivity contribution is 0.961. The molecule has 4 heterocycles. The maximum atomic E-state index is 9.17. The number of aromatic nitrogens is 6. The van der Waals surface area contributed by atoms with Crippen LogP contribution in [0.3, 0.4) is 0 Å². The zero-order valence-corrected chi connectivity index (χ0v) is 16.2. The molecule has 7 heteroatoms. The molecule has 0 saturated heterocycles. The van der Waals surface area contributed by atoms with Crippen LogP contribution in [0, 0.1) is 18.3 Å². The van der Waals surface area contributed by atoms with Crippen LogP contribution in [0.15, 0.2) is 67.1 Å². The standard InChI is InChI=1S/C23H17N7/c1-15-4-2-7-19(27-15)23-22(18-8-9-21-25-14-26-30(21)13-18)28-20(29-23)11-16-5-3-6-17(10-16)12-24/h2-10,13-14H,11H2,1H3,(H,28,29). The van der Waals surface area contributed by atoms with Crippen LogP contribution in [-0.2, 0) is 6.42 Å². The Morgan fingerprint density at radius 2 is 1.97 bits per heavy atom. The fraction of sp³-hybridized carbons (Fsp3) is 0.0870. The van der Waals surface area contributed by atoms with Gasteiger partial charge in [-0.1, -0.05) is 18.2 Å². The molecule has 1 N–H and O–H groups in total. The van der Waals surface area contributed by atoms with Crippen LogP contribution in [0.2, 0.25) is 0 Å². The topological polar surface area (TPSA) is 95.5 Å². The van der Waals surface area contributed by atoms with Crippen molar-refractivity contribution in [3.8, 4) is 28.7 Å². The number of hydrogen-bond donors (Lipinski definition) is 1. The van der Waals surface area contributed by atoms with Crippen molar-refractivity contribution in [3.05, 3.63) is 89.8 Å². The number of aromatic amines is 1. The number of nitrogens with one attached hydrogen (secondary N) is 1. The summed E-state index contributed by atoms with van der Waals surface area (Å²) >= 11 is 0. The number of pyridine rings is 2. The van der Waals surface area contributed by atoms with Gasteiger partial charge in [-0.25, -0.2) is 14.5 Å². The summed E-state index contributed by atoms with van der Waals surface area (Å²) in [5.41, 5.74) is 6.76. The normalized spacial score (nSPS) is 10.9. The zero-order valence-electron chi connectivity index (χ0n) is 16.2. The van der Waals surface area contributed by atoms with E-state index < -0.39 is 0 Å². The minimum absolute atomic E-state index is 0.583. The first-order valence-electron chi connectivity index (χ1n) is 9.51. The van der Waals surface area contributed by atoms with Crippen molar-refractivity contribution in [3.63, 3.8) is 0 Å². The van der Waals surface area contributed by atoms with E-state index in [1.54, 1.807) is 10.6 Å². The molecule has 144 valence electrons. The van der Waals surface area contributed by atoms with Crippen molar-refractivity contribution >= 4 is 5.65 Å². The van der Waals surface area contributed by atoms with Gasteiger partial charge in [-0.3, -0.25) is 4.98 Å². The SMILES string of the molecule is Cc1cccc(-c2[nH]c(Cc3cccc(C#N)c3)nc2-c2ccc3ncnn3c2)n1. The average molecular weight is 391 g/mol. The maximum Gasteiger partial charge on any atom is 0.155 e. The lowest BCUT2D eigenvalue weighted by Crippen LogP contribution is -1.92. The van der Waals surface area contributed by atoms with Crippen LogP contribution in [0.25, 0.3) is 28.3 Å². The van der Waals surface area contributed by atoms with Crippen molar-refractivity contribution in [2.75, 3.05) is 0 Å². The van der Waals surface area contributed by atoms with E-state index in [0.29, 0.717) is 12.0 Å². The van der Waals surface area contributed by atoms with Gasteiger partial charge in [-0.05, 0) is 48.9 Å². The van der Waals surface area contributed by atoms with Crippen LogP contribution in [0.4, 0.5) is 0 Å². The Kier molecular flexibility index (Phi) is 4.30. The first-order valence-corrected chi connectivity index (χ1v) is 9.51. The third kappa shape index (κ3) is 3.31. The highest BCUT2D eigenvalue weighted by atomic mass is 15.3. The smallest absolute Gasteiger partial charge is 0.155 e. The maximum absolute atomic E-state index is 9.17. The average Bonchev–Trinajstić information content (AvgIpc) is 3.40. The summed E-state index contributed by atoms with van der Waals surface area (Å²) in [5.74, 6) is 0.803. The van der Waals surface area contributed by atoms with Gasteiger partial charge in [-0.15, -0.1) is 0 Å². The van der Waals surface area contributed by atoms with Gasteiger partial charge in [0.05, 0.1) is 28.7 Å². The first-order chi connectivity index (χ1) is 14.7.